The Labute approximate surface area is 165 Å². The van der Waals surface area contributed by atoms with Gasteiger partial charge >= 0.3 is 0 Å². The number of hydrazone groups is 1. The number of fused-ring (bicyclic) bond motifs is 1. The molecule has 0 radical (unpaired) electrons. The van der Waals surface area contributed by atoms with Crippen molar-refractivity contribution in [3.05, 3.63) is 33.4 Å². The van der Waals surface area contributed by atoms with Gasteiger partial charge < -0.3 is 9.47 Å². The minimum absolute atomic E-state index is 0.170. The highest BCUT2D eigenvalue weighted by Crippen LogP contribution is 2.49. The Morgan fingerprint density at radius 3 is 2.19 bits per heavy atom. The monoisotopic (exact) mass is 466 g/mol. The van der Waals surface area contributed by atoms with Crippen molar-refractivity contribution in [1.29, 1.82) is 0 Å². The molecule has 1 aromatic carbocycles. The fourth-order valence-electron chi connectivity index (χ4n) is 4.31. The topological polar surface area (TPSA) is 68.2 Å². The molecule has 2 fully saturated rings. The summed E-state index contributed by atoms with van der Waals surface area (Å²) in [4.78, 5) is 25.5. The first-order valence-electron chi connectivity index (χ1n) is 8.56. The molecule has 136 valence electrons. The Morgan fingerprint density at radius 1 is 1.08 bits per heavy atom. The van der Waals surface area contributed by atoms with E-state index >= 15 is 0 Å². The lowest BCUT2D eigenvalue weighted by molar-refractivity contribution is -0.140. The van der Waals surface area contributed by atoms with Crippen molar-refractivity contribution < 1.29 is 19.1 Å². The van der Waals surface area contributed by atoms with Crippen molar-refractivity contribution in [1.82, 2.24) is 5.01 Å². The molecule has 3 aliphatic carbocycles. The number of hydrogen-bond donors (Lipinski definition) is 0. The molecule has 5 rings (SSSR count). The first-order valence-corrected chi connectivity index (χ1v) is 9.64. The van der Waals surface area contributed by atoms with E-state index in [2.05, 4.69) is 39.8 Å². The van der Waals surface area contributed by atoms with Crippen LogP contribution in [0.4, 0.5) is 0 Å². The number of ether oxygens (including phenoxy) is 2. The summed E-state index contributed by atoms with van der Waals surface area (Å²) in [5, 5.41) is 5.30. The number of imide groups is 1. The van der Waals surface area contributed by atoms with Crippen molar-refractivity contribution in [2.24, 2.45) is 28.8 Å². The maximum atomic E-state index is 12.8. The van der Waals surface area contributed by atoms with E-state index in [0.29, 0.717) is 11.5 Å². The van der Waals surface area contributed by atoms with Crippen LogP contribution in [-0.4, -0.2) is 37.3 Å². The number of rotatable bonds is 4. The van der Waals surface area contributed by atoms with Gasteiger partial charge in [-0.05, 0) is 65.0 Å². The van der Waals surface area contributed by atoms with E-state index in [1.165, 1.54) is 6.21 Å². The molecule has 1 saturated heterocycles. The van der Waals surface area contributed by atoms with Gasteiger partial charge in [-0.2, -0.15) is 10.1 Å². The highest BCUT2D eigenvalue weighted by Gasteiger charge is 2.56. The molecule has 1 aromatic rings. The zero-order valence-electron chi connectivity index (χ0n) is 14.5. The first-order chi connectivity index (χ1) is 12.5. The van der Waals surface area contributed by atoms with Gasteiger partial charge in [-0.15, -0.1) is 0 Å². The normalized spacial score (nSPS) is 29.6. The molecule has 4 atom stereocenters. The molecule has 4 aliphatic rings. The summed E-state index contributed by atoms with van der Waals surface area (Å²) in [6.07, 6.45) is 7.70. The van der Waals surface area contributed by atoms with Gasteiger partial charge in [0.15, 0.2) is 11.5 Å². The van der Waals surface area contributed by atoms with Crippen molar-refractivity contribution in [3.63, 3.8) is 0 Å². The molecule has 26 heavy (non-hydrogen) atoms. The third kappa shape index (κ3) is 2.64. The molecule has 0 N–H and O–H groups in total. The lowest BCUT2D eigenvalue weighted by atomic mass is 9.63. The average Bonchev–Trinajstić information content (AvgIpc) is 2.93. The molecule has 1 heterocycles. The zero-order chi connectivity index (χ0) is 18.4. The highest BCUT2D eigenvalue weighted by molar-refractivity contribution is 14.1. The molecule has 2 bridgehead atoms. The molecule has 6 nitrogen and oxygen atoms in total. The van der Waals surface area contributed by atoms with Crippen molar-refractivity contribution in [3.8, 4) is 11.5 Å². The second-order valence-corrected chi connectivity index (χ2v) is 7.97. The maximum absolute atomic E-state index is 12.8. The standard InChI is InChI=1S/C19H19IN2O4/c1-25-14-8-10(7-13(20)17(14)26-2)9-21-22-18(23)15-11-3-4-12(6-5-11)16(15)19(22)24/h3-4,7-9,11-12,15-16H,5-6H2,1-2H3/b21-9-. The van der Waals surface area contributed by atoms with Crippen molar-refractivity contribution in [2.75, 3.05) is 14.2 Å². The summed E-state index contributed by atoms with van der Waals surface area (Å²) in [5.41, 5.74) is 0.739. The predicted octanol–water partition coefficient (Wildman–Crippen LogP) is 2.84. The van der Waals surface area contributed by atoms with Crippen LogP contribution in [0.1, 0.15) is 18.4 Å². The Balaban J connectivity index is 1.61. The number of nitrogens with zero attached hydrogens (tertiary/aromatic N) is 2. The van der Waals surface area contributed by atoms with Crippen LogP contribution in [-0.2, 0) is 9.59 Å². The predicted molar refractivity (Wildman–Crippen MR) is 104 cm³/mol. The third-order valence-corrected chi connectivity index (χ3v) is 6.32. The van der Waals surface area contributed by atoms with Gasteiger partial charge in [0.2, 0.25) is 0 Å². The summed E-state index contributed by atoms with van der Waals surface area (Å²) >= 11 is 2.15. The maximum Gasteiger partial charge on any atom is 0.254 e. The van der Waals surface area contributed by atoms with Crippen molar-refractivity contribution >= 4 is 40.6 Å². The number of carbonyl (C=O) groups is 2. The number of methoxy groups -OCH3 is 2. The van der Waals surface area contributed by atoms with Crippen LogP contribution in [0.3, 0.4) is 0 Å². The molecule has 1 aliphatic heterocycles. The molecule has 1 saturated carbocycles. The second-order valence-electron chi connectivity index (χ2n) is 6.81. The van der Waals surface area contributed by atoms with Crippen LogP contribution in [0.5, 0.6) is 11.5 Å². The van der Waals surface area contributed by atoms with Gasteiger partial charge in [-0.3, -0.25) is 9.59 Å². The van der Waals surface area contributed by atoms with Crippen molar-refractivity contribution in [2.45, 2.75) is 12.8 Å². The minimum atomic E-state index is -0.242. The molecule has 7 heteroatoms. The third-order valence-electron chi connectivity index (χ3n) is 5.51. The molecule has 2 amide bonds. The lowest BCUT2D eigenvalue weighted by Gasteiger charge is -2.37. The Hall–Kier alpha value is -1.90. The molecule has 0 spiro atoms. The van der Waals surface area contributed by atoms with Gasteiger partial charge in [-0.1, -0.05) is 12.2 Å². The first kappa shape index (κ1) is 17.5. The summed E-state index contributed by atoms with van der Waals surface area (Å²) in [6, 6.07) is 3.64. The molecular formula is C19H19IN2O4. The number of hydrogen-bond acceptors (Lipinski definition) is 5. The Morgan fingerprint density at radius 2 is 1.69 bits per heavy atom. The molecule has 4 unspecified atom stereocenters. The van der Waals surface area contributed by atoms with Gasteiger partial charge in [0.25, 0.3) is 11.8 Å². The van der Waals surface area contributed by atoms with E-state index in [9.17, 15) is 9.59 Å². The summed E-state index contributed by atoms with van der Waals surface area (Å²) < 4.78 is 11.5. The van der Waals surface area contributed by atoms with Gasteiger partial charge in [0, 0.05) is 0 Å². The molecular weight excluding hydrogens is 447 g/mol. The molecule has 0 aromatic heterocycles. The van der Waals surface area contributed by atoms with E-state index in [-0.39, 0.29) is 35.5 Å². The smallest absolute Gasteiger partial charge is 0.254 e. The Bertz CT molecular complexity index is 803. The van der Waals surface area contributed by atoms with Crippen LogP contribution >= 0.6 is 22.6 Å². The fourth-order valence-corrected chi connectivity index (χ4v) is 5.15. The Kier molecular flexibility index (Phi) is 4.50. The second kappa shape index (κ2) is 6.68. The van der Waals surface area contributed by atoms with E-state index in [0.717, 1.165) is 27.0 Å². The van der Waals surface area contributed by atoms with Gasteiger partial charge in [0.1, 0.15) is 0 Å². The van der Waals surface area contributed by atoms with Crippen LogP contribution < -0.4 is 9.47 Å². The largest absolute Gasteiger partial charge is 0.493 e. The summed E-state index contributed by atoms with van der Waals surface area (Å²) in [7, 11) is 3.15. The van der Waals surface area contributed by atoms with E-state index in [4.69, 9.17) is 9.47 Å². The van der Waals surface area contributed by atoms with E-state index < -0.39 is 0 Å². The summed E-state index contributed by atoms with van der Waals surface area (Å²) in [6.45, 7) is 0. The zero-order valence-corrected chi connectivity index (χ0v) is 16.7. The van der Waals surface area contributed by atoms with Crippen LogP contribution in [0.2, 0.25) is 0 Å². The highest BCUT2D eigenvalue weighted by atomic mass is 127. The summed E-state index contributed by atoms with van der Waals surface area (Å²) in [5.74, 6) is 0.731. The lowest BCUT2D eigenvalue weighted by Crippen LogP contribution is -2.38. The average molecular weight is 466 g/mol. The van der Waals surface area contributed by atoms with E-state index in [1.54, 1.807) is 20.3 Å². The van der Waals surface area contributed by atoms with Crippen LogP contribution in [0.15, 0.2) is 29.4 Å². The van der Waals surface area contributed by atoms with Gasteiger partial charge in [-0.25, -0.2) is 0 Å². The van der Waals surface area contributed by atoms with Crippen LogP contribution in [0, 0.1) is 27.2 Å². The number of allylic oxidation sites excluding steroid dienone is 2. The quantitative estimate of drug-likeness (QED) is 0.296. The fraction of sp³-hybridized carbons (Fsp3) is 0.421. The minimum Gasteiger partial charge on any atom is -0.493 e. The SMILES string of the molecule is COc1cc(/C=N\N2C(=O)C3C4C=CC(CC4)C3C2=O)cc(I)c1OC. The van der Waals surface area contributed by atoms with E-state index in [1.807, 2.05) is 6.07 Å². The van der Waals surface area contributed by atoms with Gasteiger partial charge in [0.05, 0.1) is 35.8 Å². The van der Waals surface area contributed by atoms with Crippen LogP contribution in [0.25, 0.3) is 0 Å². The number of halogens is 1. The number of carbonyl (C=O) groups excluding carboxylic acids is 2. The number of benzene rings is 1. The number of amides is 2.